The molecule has 1 aliphatic carbocycles. The number of aromatic nitrogens is 5. The molecule has 0 unspecified atom stereocenters. The van der Waals surface area contributed by atoms with Gasteiger partial charge >= 0.3 is 0 Å². The van der Waals surface area contributed by atoms with Gasteiger partial charge < -0.3 is 15.4 Å². The predicted molar refractivity (Wildman–Crippen MR) is 153 cm³/mol. The number of nitrogens with one attached hydrogen (secondary N) is 2. The van der Waals surface area contributed by atoms with Gasteiger partial charge in [-0.2, -0.15) is 10.4 Å². The number of nitrogens with zero attached hydrogens (tertiary/aromatic N) is 6. The van der Waals surface area contributed by atoms with Gasteiger partial charge in [-0.25, -0.2) is 4.52 Å². The van der Waals surface area contributed by atoms with E-state index in [0.29, 0.717) is 11.5 Å². The summed E-state index contributed by atoms with van der Waals surface area (Å²) in [5, 5.41) is 31.7. The van der Waals surface area contributed by atoms with Gasteiger partial charge in [0.15, 0.2) is 5.01 Å². The number of hydrogen-bond acceptors (Lipinski definition) is 9. The molecule has 0 spiro atoms. The minimum absolute atomic E-state index is 0.0340. The molecule has 2 aliphatic rings. The van der Waals surface area contributed by atoms with Crippen molar-refractivity contribution in [2.24, 2.45) is 0 Å². The number of pyridine rings is 1. The minimum Gasteiger partial charge on any atom is -0.381 e. The molecule has 6 rings (SSSR count). The van der Waals surface area contributed by atoms with E-state index in [1.54, 1.807) is 24.5 Å². The van der Waals surface area contributed by atoms with Crippen LogP contribution in [0.2, 0.25) is 0 Å². The molecular weight excluding hydrogens is 524 g/mol. The smallest absolute Gasteiger partial charge is 0.217 e. The number of anilines is 1. The number of carbonyl (C=O) groups excluding carboxylic acids is 1. The molecule has 0 aromatic carbocycles. The number of nitriles is 1. The van der Waals surface area contributed by atoms with Crippen molar-refractivity contribution in [3.05, 3.63) is 47.2 Å². The van der Waals surface area contributed by atoms with E-state index < -0.39 is 0 Å². The van der Waals surface area contributed by atoms with Crippen molar-refractivity contribution in [1.82, 2.24) is 30.1 Å². The van der Waals surface area contributed by atoms with Crippen LogP contribution in [-0.4, -0.2) is 55.5 Å². The highest BCUT2D eigenvalue weighted by Crippen LogP contribution is 2.40. The SMILES string of the molecule is CC(=O)N[C@H]1CC[C@H](c2nnc(-c3cnc(-c4ccc5cc(C#N)cnn45)cc3NC3(C)CCOCC3)s2)CC1. The lowest BCUT2D eigenvalue weighted by Crippen LogP contribution is -2.40. The lowest BCUT2D eigenvalue weighted by atomic mass is 9.86. The molecule has 206 valence electrons. The monoisotopic (exact) mass is 556 g/mol. The van der Waals surface area contributed by atoms with E-state index in [1.165, 1.54) is 0 Å². The van der Waals surface area contributed by atoms with Gasteiger partial charge in [0, 0.05) is 49.5 Å². The zero-order chi connectivity index (χ0) is 27.7. The first-order valence-electron chi connectivity index (χ1n) is 13.8. The molecule has 1 saturated carbocycles. The zero-order valence-corrected chi connectivity index (χ0v) is 23.5. The summed E-state index contributed by atoms with van der Waals surface area (Å²) in [5.41, 5.74) is 4.74. The Morgan fingerprint density at radius 2 is 1.95 bits per heavy atom. The van der Waals surface area contributed by atoms with Gasteiger partial charge in [-0.15, -0.1) is 10.2 Å². The Morgan fingerprint density at radius 3 is 2.70 bits per heavy atom. The van der Waals surface area contributed by atoms with E-state index >= 15 is 0 Å². The first-order chi connectivity index (χ1) is 19.4. The van der Waals surface area contributed by atoms with E-state index in [1.807, 2.05) is 28.9 Å². The van der Waals surface area contributed by atoms with Gasteiger partial charge in [-0.05, 0) is 69.7 Å². The third kappa shape index (κ3) is 5.42. The summed E-state index contributed by atoms with van der Waals surface area (Å²) in [7, 11) is 0. The first kappa shape index (κ1) is 26.3. The van der Waals surface area contributed by atoms with Crippen LogP contribution >= 0.6 is 11.3 Å². The summed E-state index contributed by atoms with van der Waals surface area (Å²) in [6.45, 7) is 5.25. The van der Waals surface area contributed by atoms with Crippen molar-refractivity contribution >= 4 is 28.4 Å². The zero-order valence-electron chi connectivity index (χ0n) is 22.7. The molecule has 4 aromatic heterocycles. The molecule has 0 bridgehead atoms. The maximum atomic E-state index is 11.4. The molecule has 40 heavy (non-hydrogen) atoms. The van der Waals surface area contributed by atoms with Crippen molar-refractivity contribution in [2.45, 2.75) is 69.9 Å². The van der Waals surface area contributed by atoms with E-state index in [0.717, 1.165) is 89.9 Å². The molecule has 1 amide bonds. The van der Waals surface area contributed by atoms with Crippen molar-refractivity contribution < 1.29 is 9.53 Å². The first-order valence-corrected chi connectivity index (χ1v) is 14.6. The van der Waals surface area contributed by atoms with Gasteiger partial charge in [0.2, 0.25) is 5.91 Å². The molecule has 10 nitrogen and oxygen atoms in total. The van der Waals surface area contributed by atoms with Crippen LogP contribution in [0, 0.1) is 11.3 Å². The fourth-order valence-corrected chi connectivity index (χ4v) is 6.71. The second kappa shape index (κ2) is 10.9. The molecule has 5 heterocycles. The number of carbonyl (C=O) groups is 1. The van der Waals surface area contributed by atoms with E-state index in [-0.39, 0.29) is 17.5 Å². The molecule has 1 saturated heterocycles. The van der Waals surface area contributed by atoms with Crippen molar-refractivity contribution in [2.75, 3.05) is 18.5 Å². The van der Waals surface area contributed by atoms with Crippen LogP contribution < -0.4 is 10.6 Å². The summed E-state index contributed by atoms with van der Waals surface area (Å²) < 4.78 is 7.44. The Bertz CT molecular complexity index is 1570. The standard InChI is InChI=1S/C29H32N8O2S/c1-18(38)33-21-5-3-20(4-6-21)27-35-36-28(40-27)23-17-31-25(14-24(23)34-29(2)9-11-39-12-10-29)26-8-7-22-13-19(15-30)16-32-37(22)26/h7-8,13-14,16-17,20-21H,3-6,9-12H2,1-2H3,(H,31,34)(H,33,38)/t20-,21-. The predicted octanol–water partition coefficient (Wildman–Crippen LogP) is 4.93. The summed E-state index contributed by atoms with van der Waals surface area (Å²) in [4.78, 5) is 16.3. The normalized spacial score (nSPS) is 20.6. The molecule has 1 aliphatic heterocycles. The molecule has 4 aromatic rings. The molecule has 2 N–H and O–H groups in total. The third-order valence-corrected chi connectivity index (χ3v) is 9.10. The van der Waals surface area contributed by atoms with Gasteiger partial charge in [-0.1, -0.05) is 11.3 Å². The topological polar surface area (TPSA) is 130 Å². The summed E-state index contributed by atoms with van der Waals surface area (Å²) in [6.07, 6.45) is 9.13. The van der Waals surface area contributed by atoms with Crippen molar-refractivity contribution in [3.63, 3.8) is 0 Å². The van der Waals surface area contributed by atoms with Crippen LogP contribution in [0.4, 0.5) is 5.69 Å². The largest absolute Gasteiger partial charge is 0.381 e. The van der Waals surface area contributed by atoms with Crippen LogP contribution in [0.15, 0.2) is 36.7 Å². The van der Waals surface area contributed by atoms with Gasteiger partial charge in [0.1, 0.15) is 11.1 Å². The molecular formula is C29H32N8O2S. The van der Waals surface area contributed by atoms with Crippen LogP contribution in [0.5, 0.6) is 0 Å². The Balaban J connectivity index is 1.32. The molecule has 0 atom stereocenters. The average molecular weight is 557 g/mol. The fourth-order valence-electron chi connectivity index (χ4n) is 5.68. The number of amides is 1. The van der Waals surface area contributed by atoms with E-state index in [9.17, 15) is 10.1 Å². The summed E-state index contributed by atoms with van der Waals surface area (Å²) in [6, 6.07) is 10.2. The summed E-state index contributed by atoms with van der Waals surface area (Å²) in [5.74, 6) is 0.385. The summed E-state index contributed by atoms with van der Waals surface area (Å²) >= 11 is 1.63. The van der Waals surface area contributed by atoms with Crippen LogP contribution in [0.25, 0.3) is 27.5 Å². The molecule has 11 heteroatoms. The highest BCUT2D eigenvalue weighted by atomic mass is 32.1. The highest BCUT2D eigenvalue weighted by Gasteiger charge is 2.30. The van der Waals surface area contributed by atoms with Crippen molar-refractivity contribution in [3.8, 4) is 28.0 Å². The molecule has 2 fully saturated rings. The number of ether oxygens (including phenoxy) is 1. The number of rotatable bonds is 6. The Hall–Kier alpha value is -3.88. The average Bonchev–Trinajstić information content (AvgIpc) is 3.61. The Kier molecular flexibility index (Phi) is 7.21. The lowest BCUT2D eigenvalue weighted by Gasteiger charge is -2.36. The van der Waals surface area contributed by atoms with Gasteiger partial charge in [-0.3, -0.25) is 9.78 Å². The second-order valence-electron chi connectivity index (χ2n) is 11.0. The van der Waals surface area contributed by atoms with E-state index in [4.69, 9.17) is 9.72 Å². The minimum atomic E-state index is -0.123. The lowest BCUT2D eigenvalue weighted by molar-refractivity contribution is -0.119. The van der Waals surface area contributed by atoms with Crippen LogP contribution in [0.3, 0.4) is 0 Å². The van der Waals surface area contributed by atoms with E-state index in [2.05, 4.69) is 45.0 Å². The second-order valence-corrected chi connectivity index (χ2v) is 12.0. The quantitative estimate of drug-likeness (QED) is 0.342. The third-order valence-electron chi connectivity index (χ3n) is 7.98. The van der Waals surface area contributed by atoms with Crippen molar-refractivity contribution in [1.29, 1.82) is 5.26 Å². The van der Waals surface area contributed by atoms with Gasteiger partial charge in [0.25, 0.3) is 0 Å². The highest BCUT2D eigenvalue weighted by molar-refractivity contribution is 7.14. The Morgan fingerprint density at radius 1 is 1.15 bits per heavy atom. The van der Waals surface area contributed by atoms with Crippen LogP contribution in [-0.2, 0) is 9.53 Å². The van der Waals surface area contributed by atoms with Crippen LogP contribution in [0.1, 0.15) is 68.9 Å². The number of fused-ring (bicyclic) bond motifs is 1. The molecule has 0 radical (unpaired) electrons. The number of hydrogen-bond donors (Lipinski definition) is 2. The fraction of sp³-hybridized carbons (Fsp3) is 0.448. The van der Waals surface area contributed by atoms with Gasteiger partial charge in [0.05, 0.1) is 34.2 Å². The maximum Gasteiger partial charge on any atom is 0.217 e. The maximum absolute atomic E-state index is 11.4. The Labute approximate surface area is 236 Å².